The minimum atomic E-state index is 0. The van der Waals surface area contributed by atoms with Crippen LogP contribution in [0.1, 0.15) is 30.7 Å². The van der Waals surface area contributed by atoms with Gasteiger partial charge in [-0.3, -0.25) is 9.89 Å². The zero-order valence-corrected chi connectivity index (χ0v) is 18.3. The molecule has 1 aromatic heterocycles. The summed E-state index contributed by atoms with van der Waals surface area (Å²) in [6.45, 7) is 4.88. The van der Waals surface area contributed by atoms with Crippen LogP contribution in [-0.2, 0) is 4.74 Å². The number of rotatable bonds is 6. The first-order valence-corrected chi connectivity index (χ1v) is 9.23. The van der Waals surface area contributed by atoms with E-state index in [1.807, 2.05) is 18.4 Å². The quantitative estimate of drug-likeness (QED) is 0.385. The molecule has 0 radical (unpaired) electrons. The molecule has 138 valence electrons. The molecule has 5 nitrogen and oxygen atoms in total. The Bertz CT molecular complexity index is 483. The molecule has 0 aromatic carbocycles. The average Bonchev–Trinajstić information content (AvgIpc) is 3.05. The van der Waals surface area contributed by atoms with Crippen molar-refractivity contribution in [3.63, 3.8) is 0 Å². The third-order valence-electron chi connectivity index (χ3n) is 4.40. The molecule has 1 saturated heterocycles. The number of halogens is 1. The Hall–Kier alpha value is -0.380. The third kappa shape index (κ3) is 6.16. The van der Waals surface area contributed by atoms with Crippen LogP contribution in [0.5, 0.6) is 0 Å². The van der Waals surface area contributed by atoms with Crippen molar-refractivity contribution in [2.45, 2.75) is 31.8 Å². The summed E-state index contributed by atoms with van der Waals surface area (Å²) >= 11 is 1.86. The Kier molecular flexibility index (Phi) is 10.2. The average molecular weight is 466 g/mol. The van der Waals surface area contributed by atoms with Gasteiger partial charge < -0.3 is 15.4 Å². The standard InChI is InChI=1S/C17H30N4OS.HI/c1-13(12-22-4)20-17(18-2)19-11-14-7-5-9-21(3)16(14)15-8-6-10-23-15;/h6,8,10,13-14,16H,5,7,9,11-12H2,1-4H3,(H2,18,19,20);1H. The number of hydrogen-bond donors (Lipinski definition) is 2. The summed E-state index contributed by atoms with van der Waals surface area (Å²) in [5, 5.41) is 9.05. The molecule has 1 fully saturated rings. The number of ether oxygens (including phenoxy) is 1. The molecule has 2 rings (SSSR count). The van der Waals surface area contributed by atoms with Crippen LogP contribution in [-0.4, -0.2) is 57.8 Å². The Balaban J connectivity index is 0.00000288. The van der Waals surface area contributed by atoms with Gasteiger partial charge in [0.25, 0.3) is 0 Å². The highest BCUT2D eigenvalue weighted by Crippen LogP contribution is 2.36. The Morgan fingerprint density at radius 1 is 1.54 bits per heavy atom. The van der Waals surface area contributed by atoms with Crippen molar-refractivity contribution in [3.05, 3.63) is 22.4 Å². The molecule has 0 aliphatic carbocycles. The first-order chi connectivity index (χ1) is 11.2. The molecule has 0 bridgehead atoms. The first-order valence-electron chi connectivity index (χ1n) is 8.35. The van der Waals surface area contributed by atoms with Gasteiger partial charge in [0.2, 0.25) is 0 Å². The second-order valence-corrected chi connectivity index (χ2v) is 7.28. The summed E-state index contributed by atoms with van der Waals surface area (Å²) in [6, 6.07) is 5.16. The molecule has 3 atom stereocenters. The van der Waals surface area contributed by atoms with Crippen molar-refractivity contribution in [1.29, 1.82) is 0 Å². The summed E-state index contributed by atoms with van der Waals surface area (Å²) in [5.74, 6) is 1.45. The number of guanidine groups is 1. The topological polar surface area (TPSA) is 48.9 Å². The van der Waals surface area contributed by atoms with Crippen LogP contribution in [0, 0.1) is 5.92 Å². The molecule has 1 aliphatic heterocycles. The summed E-state index contributed by atoms with van der Waals surface area (Å²) in [6.07, 6.45) is 2.52. The summed E-state index contributed by atoms with van der Waals surface area (Å²) in [4.78, 5) is 8.29. The number of hydrogen-bond acceptors (Lipinski definition) is 4. The maximum absolute atomic E-state index is 5.17. The fourth-order valence-corrected chi connectivity index (χ4v) is 4.31. The van der Waals surface area contributed by atoms with Crippen LogP contribution in [0.3, 0.4) is 0 Å². The van der Waals surface area contributed by atoms with E-state index in [1.54, 1.807) is 7.11 Å². The molecule has 1 aromatic rings. The van der Waals surface area contributed by atoms with E-state index >= 15 is 0 Å². The lowest BCUT2D eigenvalue weighted by molar-refractivity contribution is 0.125. The number of piperidine rings is 1. The van der Waals surface area contributed by atoms with E-state index in [1.165, 1.54) is 24.3 Å². The summed E-state index contributed by atoms with van der Waals surface area (Å²) < 4.78 is 5.17. The third-order valence-corrected chi connectivity index (χ3v) is 5.34. The predicted molar refractivity (Wildman–Crippen MR) is 114 cm³/mol. The minimum absolute atomic E-state index is 0. The molecule has 0 amide bonds. The van der Waals surface area contributed by atoms with Gasteiger partial charge in [0.1, 0.15) is 0 Å². The molecule has 1 aliphatic rings. The Morgan fingerprint density at radius 2 is 2.33 bits per heavy atom. The monoisotopic (exact) mass is 466 g/mol. The highest BCUT2D eigenvalue weighted by Gasteiger charge is 2.31. The van der Waals surface area contributed by atoms with Gasteiger partial charge in [-0.25, -0.2) is 0 Å². The molecule has 24 heavy (non-hydrogen) atoms. The fourth-order valence-electron chi connectivity index (χ4n) is 3.33. The van der Waals surface area contributed by atoms with Gasteiger partial charge >= 0.3 is 0 Å². The molecule has 0 spiro atoms. The van der Waals surface area contributed by atoms with Crippen LogP contribution >= 0.6 is 35.3 Å². The number of methoxy groups -OCH3 is 1. The van der Waals surface area contributed by atoms with Crippen LogP contribution < -0.4 is 10.6 Å². The van der Waals surface area contributed by atoms with Crippen molar-refractivity contribution in [3.8, 4) is 0 Å². The lowest BCUT2D eigenvalue weighted by Gasteiger charge is -2.39. The lowest BCUT2D eigenvalue weighted by Crippen LogP contribution is -2.47. The van der Waals surface area contributed by atoms with Gasteiger partial charge in [0.15, 0.2) is 5.96 Å². The van der Waals surface area contributed by atoms with Crippen molar-refractivity contribution in [2.24, 2.45) is 10.9 Å². The van der Waals surface area contributed by atoms with Crippen LogP contribution in [0.4, 0.5) is 0 Å². The number of nitrogens with one attached hydrogen (secondary N) is 2. The van der Waals surface area contributed by atoms with E-state index in [2.05, 4.69) is 52.0 Å². The largest absolute Gasteiger partial charge is 0.383 e. The number of thiophene rings is 1. The van der Waals surface area contributed by atoms with Gasteiger partial charge in [-0.05, 0) is 50.7 Å². The predicted octanol–water partition coefficient (Wildman–Crippen LogP) is 2.95. The Labute approximate surface area is 167 Å². The second kappa shape index (κ2) is 11.3. The molecule has 0 saturated carbocycles. The SMILES string of the molecule is CN=C(NCC1CCCN(C)C1c1cccs1)NC(C)COC.I. The molecule has 2 N–H and O–H groups in total. The molecule has 7 heteroatoms. The van der Waals surface area contributed by atoms with Crippen molar-refractivity contribution >= 4 is 41.3 Å². The normalized spacial score (nSPS) is 23.4. The molecular formula is C17H31IN4OS. The van der Waals surface area contributed by atoms with E-state index in [0.717, 1.165) is 12.5 Å². The van der Waals surface area contributed by atoms with Crippen molar-refractivity contribution in [2.75, 3.05) is 40.9 Å². The van der Waals surface area contributed by atoms with Gasteiger partial charge in [0.05, 0.1) is 6.61 Å². The smallest absolute Gasteiger partial charge is 0.191 e. The van der Waals surface area contributed by atoms with E-state index in [0.29, 0.717) is 18.6 Å². The van der Waals surface area contributed by atoms with E-state index in [-0.39, 0.29) is 30.0 Å². The van der Waals surface area contributed by atoms with Crippen LogP contribution in [0.15, 0.2) is 22.5 Å². The van der Waals surface area contributed by atoms with Crippen LogP contribution in [0.25, 0.3) is 0 Å². The zero-order chi connectivity index (χ0) is 16.7. The Morgan fingerprint density at radius 3 is 2.96 bits per heavy atom. The van der Waals surface area contributed by atoms with Gasteiger partial charge in [-0.2, -0.15) is 0 Å². The summed E-state index contributed by atoms with van der Waals surface area (Å²) in [5.41, 5.74) is 0. The van der Waals surface area contributed by atoms with Crippen LogP contribution in [0.2, 0.25) is 0 Å². The number of likely N-dealkylation sites (tertiary alicyclic amines) is 1. The lowest BCUT2D eigenvalue weighted by atomic mass is 9.88. The maximum Gasteiger partial charge on any atom is 0.191 e. The zero-order valence-electron chi connectivity index (χ0n) is 15.1. The molecule has 3 unspecified atom stereocenters. The van der Waals surface area contributed by atoms with Gasteiger partial charge in [0, 0.05) is 37.7 Å². The van der Waals surface area contributed by atoms with Gasteiger partial charge in [-0.15, -0.1) is 35.3 Å². The van der Waals surface area contributed by atoms with Gasteiger partial charge in [-0.1, -0.05) is 6.07 Å². The first kappa shape index (κ1) is 21.7. The van der Waals surface area contributed by atoms with E-state index in [9.17, 15) is 0 Å². The minimum Gasteiger partial charge on any atom is -0.383 e. The summed E-state index contributed by atoms with van der Waals surface area (Å²) in [7, 11) is 5.78. The second-order valence-electron chi connectivity index (χ2n) is 6.30. The highest BCUT2D eigenvalue weighted by atomic mass is 127. The maximum atomic E-state index is 5.17. The number of nitrogens with zero attached hydrogens (tertiary/aromatic N) is 2. The van der Waals surface area contributed by atoms with Crippen molar-refractivity contribution in [1.82, 2.24) is 15.5 Å². The van der Waals surface area contributed by atoms with Crippen molar-refractivity contribution < 1.29 is 4.74 Å². The van der Waals surface area contributed by atoms with E-state index in [4.69, 9.17) is 4.74 Å². The number of aliphatic imine (C=N–C) groups is 1. The highest BCUT2D eigenvalue weighted by molar-refractivity contribution is 14.0. The fraction of sp³-hybridized carbons (Fsp3) is 0.706. The van der Waals surface area contributed by atoms with E-state index < -0.39 is 0 Å². The molecular weight excluding hydrogens is 435 g/mol. The molecule has 2 heterocycles.